The second-order valence-corrected chi connectivity index (χ2v) is 7.79. The van der Waals surface area contributed by atoms with Crippen molar-refractivity contribution in [3.63, 3.8) is 0 Å². The third kappa shape index (κ3) is 3.87. The van der Waals surface area contributed by atoms with Crippen molar-refractivity contribution < 1.29 is 4.79 Å². The van der Waals surface area contributed by atoms with Crippen molar-refractivity contribution in [1.29, 1.82) is 0 Å². The lowest BCUT2D eigenvalue weighted by Crippen LogP contribution is -2.18. The predicted molar refractivity (Wildman–Crippen MR) is 101 cm³/mol. The molecule has 0 unspecified atom stereocenters. The number of carbonyl (C=O) groups is 1. The summed E-state index contributed by atoms with van der Waals surface area (Å²) in [5.41, 5.74) is 5.72. The topological polar surface area (TPSA) is 41.5 Å². The lowest BCUT2D eigenvalue weighted by molar-refractivity contribution is 0.0959. The van der Waals surface area contributed by atoms with Gasteiger partial charge in [0.2, 0.25) is 0 Å². The fourth-order valence-corrected chi connectivity index (χ4v) is 4.23. The van der Waals surface area contributed by atoms with E-state index in [-0.39, 0.29) is 5.91 Å². The highest BCUT2D eigenvalue weighted by Gasteiger charge is 2.21. The van der Waals surface area contributed by atoms with Gasteiger partial charge in [0.1, 0.15) is 0 Å². The van der Waals surface area contributed by atoms with Gasteiger partial charge in [-0.1, -0.05) is 37.1 Å². The van der Waals surface area contributed by atoms with Crippen LogP contribution in [0, 0.1) is 5.92 Å². The maximum Gasteiger partial charge on any atom is 0.281 e. The highest BCUT2D eigenvalue weighted by molar-refractivity contribution is 7.14. The zero-order valence-electron chi connectivity index (χ0n) is 13.9. The van der Waals surface area contributed by atoms with E-state index in [9.17, 15) is 4.79 Å². The molecular formula is C19H21ClN2OS. The summed E-state index contributed by atoms with van der Waals surface area (Å²) in [6.07, 6.45) is 4.64. The van der Waals surface area contributed by atoms with Crippen LogP contribution in [0.25, 0.3) is 0 Å². The van der Waals surface area contributed by atoms with Gasteiger partial charge in [-0.25, -0.2) is 5.43 Å². The molecule has 3 rings (SSSR count). The molecule has 0 radical (unpaired) electrons. The number of nitrogens with zero attached hydrogens (tertiary/aromatic N) is 1. The SMILES string of the molecule is CC[C@@H]1CCc2sc(C(=O)N/N=C(/C)c3ccc(Cl)cc3)cc2C1. The molecule has 0 saturated heterocycles. The van der Waals surface area contributed by atoms with E-state index in [0.717, 1.165) is 34.9 Å². The average Bonchev–Trinajstić information content (AvgIpc) is 3.03. The summed E-state index contributed by atoms with van der Waals surface area (Å²) < 4.78 is 0. The molecule has 1 aromatic heterocycles. The minimum absolute atomic E-state index is 0.129. The van der Waals surface area contributed by atoms with Gasteiger partial charge in [-0.2, -0.15) is 5.10 Å². The molecule has 0 aliphatic heterocycles. The number of hydrazone groups is 1. The maximum absolute atomic E-state index is 12.4. The third-order valence-corrected chi connectivity index (χ3v) is 6.06. The Morgan fingerprint density at radius 3 is 2.83 bits per heavy atom. The molecule has 1 aromatic carbocycles. The first-order valence-corrected chi connectivity index (χ1v) is 9.48. The van der Waals surface area contributed by atoms with Crippen molar-refractivity contribution in [3.8, 4) is 0 Å². The van der Waals surface area contributed by atoms with Crippen LogP contribution >= 0.6 is 22.9 Å². The van der Waals surface area contributed by atoms with Crippen LogP contribution in [0.4, 0.5) is 0 Å². The molecule has 0 fully saturated rings. The lowest BCUT2D eigenvalue weighted by Gasteiger charge is -2.19. The molecule has 1 heterocycles. The van der Waals surface area contributed by atoms with Gasteiger partial charge in [0.05, 0.1) is 10.6 Å². The first kappa shape index (κ1) is 17.2. The fraction of sp³-hybridized carbons (Fsp3) is 0.368. The minimum Gasteiger partial charge on any atom is -0.266 e. The molecule has 126 valence electrons. The van der Waals surface area contributed by atoms with Crippen molar-refractivity contribution in [2.24, 2.45) is 11.0 Å². The van der Waals surface area contributed by atoms with Crippen LogP contribution in [-0.4, -0.2) is 11.6 Å². The van der Waals surface area contributed by atoms with Gasteiger partial charge in [-0.3, -0.25) is 4.79 Å². The number of amides is 1. The molecule has 1 N–H and O–H groups in total. The zero-order chi connectivity index (χ0) is 17.1. The number of carbonyl (C=O) groups excluding carboxylic acids is 1. The number of thiophene rings is 1. The summed E-state index contributed by atoms with van der Waals surface area (Å²) in [6.45, 7) is 4.11. The number of hydrogen-bond donors (Lipinski definition) is 1. The summed E-state index contributed by atoms with van der Waals surface area (Å²) in [5.74, 6) is 0.629. The Hall–Kier alpha value is -1.65. The molecule has 0 saturated carbocycles. The first-order chi connectivity index (χ1) is 11.6. The van der Waals surface area contributed by atoms with Crippen molar-refractivity contribution in [2.45, 2.75) is 39.5 Å². The predicted octanol–water partition coefficient (Wildman–Crippen LogP) is 5.07. The number of aryl methyl sites for hydroxylation is 1. The quantitative estimate of drug-likeness (QED) is 0.600. The highest BCUT2D eigenvalue weighted by atomic mass is 35.5. The van der Waals surface area contributed by atoms with Crippen LogP contribution in [0.15, 0.2) is 35.4 Å². The fourth-order valence-electron chi connectivity index (χ4n) is 3.00. The van der Waals surface area contributed by atoms with Crippen molar-refractivity contribution in [2.75, 3.05) is 0 Å². The van der Waals surface area contributed by atoms with Gasteiger partial charge in [0, 0.05) is 9.90 Å². The smallest absolute Gasteiger partial charge is 0.266 e. The summed E-state index contributed by atoms with van der Waals surface area (Å²) in [5, 5.41) is 4.90. The maximum atomic E-state index is 12.4. The van der Waals surface area contributed by atoms with E-state index in [1.54, 1.807) is 11.3 Å². The van der Waals surface area contributed by atoms with Crippen molar-refractivity contribution in [3.05, 3.63) is 56.2 Å². The Bertz CT molecular complexity index is 764. The van der Waals surface area contributed by atoms with Gasteiger partial charge in [-0.05, 0) is 61.4 Å². The van der Waals surface area contributed by atoms with Crippen LogP contribution in [0.3, 0.4) is 0 Å². The molecule has 5 heteroatoms. The number of nitrogens with one attached hydrogen (secondary N) is 1. The van der Waals surface area contributed by atoms with E-state index < -0.39 is 0 Å². The van der Waals surface area contributed by atoms with E-state index in [4.69, 9.17) is 11.6 Å². The molecule has 24 heavy (non-hydrogen) atoms. The van der Waals surface area contributed by atoms with E-state index in [1.807, 2.05) is 37.3 Å². The van der Waals surface area contributed by atoms with Gasteiger partial charge in [0.25, 0.3) is 5.91 Å². The largest absolute Gasteiger partial charge is 0.281 e. The molecule has 0 bridgehead atoms. The zero-order valence-corrected chi connectivity index (χ0v) is 15.5. The minimum atomic E-state index is -0.129. The normalized spacial score (nSPS) is 17.5. The summed E-state index contributed by atoms with van der Waals surface area (Å²) in [4.78, 5) is 14.5. The summed E-state index contributed by atoms with van der Waals surface area (Å²) >= 11 is 7.49. The van der Waals surface area contributed by atoms with Crippen LogP contribution < -0.4 is 5.43 Å². The lowest BCUT2D eigenvalue weighted by atomic mass is 9.87. The van der Waals surface area contributed by atoms with Crippen LogP contribution in [0.2, 0.25) is 5.02 Å². The van der Waals surface area contributed by atoms with E-state index in [1.165, 1.54) is 23.3 Å². The third-order valence-electron chi connectivity index (χ3n) is 4.57. The van der Waals surface area contributed by atoms with Gasteiger partial charge in [0.15, 0.2) is 0 Å². The summed E-state index contributed by atoms with van der Waals surface area (Å²) in [6, 6.07) is 9.46. The Morgan fingerprint density at radius 1 is 1.38 bits per heavy atom. The molecular weight excluding hydrogens is 340 g/mol. The Balaban J connectivity index is 1.68. The second-order valence-electron chi connectivity index (χ2n) is 6.22. The monoisotopic (exact) mass is 360 g/mol. The van der Waals surface area contributed by atoms with E-state index >= 15 is 0 Å². The van der Waals surface area contributed by atoms with Gasteiger partial charge in [-0.15, -0.1) is 11.3 Å². The molecule has 2 aromatic rings. The molecule has 0 spiro atoms. The van der Waals surface area contributed by atoms with E-state index in [0.29, 0.717) is 5.02 Å². The molecule has 3 nitrogen and oxygen atoms in total. The number of fused-ring (bicyclic) bond motifs is 1. The van der Waals surface area contributed by atoms with Crippen LogP contribution in [0.5, 0.6) is 0 Å². The van der Waals surface area contributed by atoms with Gasteiger partial charge < -0.3 is 0 Å². The van der Waals surface area contributed by atoms with Crippen LogP contribution in [-0.2, 0) is 12.8 Å². The standard InChI is InChI=1S/C19H21ClN2OS/c1-3-13-4-9-17-15(10-13)11-18(24-17)19(23)22-21-12(2)14-5-7-16(20)8-6-14/h5-8,11,13H,3-4,9-10H2,1-2H3,(H,22,23)/b21-12-/t13-/m1/s1. The molecule has 1 aliphatic carbocycles. The van der Waals surface area contributed by atoms with Crippen LogP contribution in [0.1, 0.15) is 52.4 Å². The van der Waals surface area contributed by atoms with Gasteiger partial charge >= 0.3 is 0 Å². The second kappa shape index (κ2) is 7.49. The Morgan fingerprint density at radius 2 is 2.12 bits per heavy atom. The molecule has 1 atom stereocenters. The number of halogens is 1. The Kier molecular flexibility index (Phi) is 5.36. The number of hydrogen-bond acceptors (Lipinski definition) is 3. The van der Waals surface area contributed by atoms with Crippen molar-refractivity contribution >= 4 is 34.6 Å². The average molecular weight is 361 g/mol. The van der Waals surface area contributed by atoms with Crippen molar-refractivity contribution in [1.82, 2.24) is 5.43 Å². The summed E-state index contributed by atoms with van der Waals surface area (Å²) in [7, 11) is 0. The molecule has 1 aliphatic rings. The first-order valence-electron chi connectivity index (χ1n) is 8.29. The Labute approximate surface area is 151 Å². The number of rotatable bonds is 4. The number of benzene rings is 1. The molecule has 1 amide bonds. The highest BCUT2D eigenvalue weighted by Crippen LogP contribution is 2.33. The van der Waals surface area contributed by atoms with E-state index in [2.05, 4.69) is 17.5 Å².